The van der Waals surface area contributed by atoms with Crippen LogP contribution in [0, 0.1) is 0 Å². The molecule has 1 N–H and O–H groups in total. The lowest BCUT2D eigenvalue weighted by Gasteiger charge is -2.23. The zero-order valence-electron chi connectivity index (χ0n) is 17.5. The molecule has 0 radical (unpaired) electrons. The van der Waals surface area contributed by atoms with E-state index < -0.39 is 22.5 Å². The Morgan fingerprint density at radius 1 is 1.03 bits per heavy atom. The first-order chi connectivity index (χ1) is 13.8. The second-order valence-electron chi connectivity index (χ2n) is 7.98. The van der Waals surface area contributed by atoms with Crippen LogP contribution in [0.4, 0.5) is 4.79 Å². The highest BCUT2D eigenvalue weighted by Crippen LogP contribution is 2.10. The van der Waals surface area contributed by atoms with E-state index in [1.165, 1.54) is 5.56 Å². The van der Waals surface area contributed by atoms with Gasteiger partial charge in [-0.25, -0.2) is 4.79 Å². The molecule has 0 unspecified atom stereocenters. The van der Waals surface area contributed by atoms with Gasteiger partial charge in [-0.05, 0) is 56.6 Å². The average molecular weight is 414 g/mol. The zero-order valence-corrected chi connectivity index (χ0v) is 18.3. The molecule has 2 aromatic rings. The minimum atomic E-state index is -1.17. The van der Waals surface area contributed by atoms with Crippen LogP contribution in [0.5, 0.6) is 0 Å². The topological polar surface area (TPSA) is 55.4 Å². The Bertz CT molecular complexity index is 798. The van der Waals surface area contributed by atoms with Gasteiger partial charge in [-0.1, -0.05) is 66.7 Å². The molecule has 0 aliphatic carbocycles. The third-order valence-corrected chi connectivity index (χ3v) is 5.33. The van der Waals surface area contributed by atoms with Gasteiger partial charge in [-0.15, -0.1) is 0 Å². The highest BCUT2D eigenvalue weighted by atomic mass is 32.2. The summed E-state index contributed by atoms with van der Waals surface area (Å²) in [4.78, 5) is 12.2. The number of hydrogen-bond acceptors (Lipinski definition) is 3. The van der Waals surface area contributed by atoms with Gasteiger partial charge in [-0.3, -0.25) is 4.21 Å². The van der Waals surface area contributed by atoms with Gasteiger partial charge >= 0.3 is 6.09 Å². The van der Waals surface area contributed by atoms with Crippen LogP contribution in [0.2, 0.25) is 0 Å². The molecule has 5 heteroatoms. The van der Waals surface area contributed by atoms with E-state index in [9.17, 15) is 9.00 Å². The predicted molar refractivity (Wildman–Crippen MR) is 120 cm³/mol. The summed E-state index contributed by atoms with van der Waals surface area (Å²) in [5.41, 5.74) is 1.77. The summed E-state index contributed by atoms with van der Waals surface area (Å²) < 4.78 is 17.9. The molecule has 2 aromatic carbocycles. The monoisotopic (exact) mass is 413 g/mol. The summed E-state index contributed by atoms with van der Waals surface area (Å²) >= 11 is 0. The number of carbonyl (C=O) groups is 1. The first-order valence-electron chi connectivity index (χ1n) is 9.93. The van der Waals surface area contributed by atoms with Crippen molar-refractivity contribution in [1.82, 2.24) is 5.32 Å². The van der Waals surface area contributed by atoms with Gasteiger partial charge in [0, 0.05) is 22.6 Å². The van der Waals surface area contributed by atoms with Crippen molar-refractivity contribution in [2.75, 3.05) is 5.75 Å². The molecule has 0 saturated carbocycles. The lowest BCUT2D eigenvalue weighted by Crippen LogP contribution is -2.42. The van der Waals surface area contributed by atoms with Crippen molar-refractivity contribution in [1.29, 1.82) is 0 Å². The number of nitrogens with one attached hydrogen (secondary N) is 1. The fourth-order valence-corrected chi connectivity index (χ4v) is 3.91. The molecular formula is C24H31NO3S. The molecule has 0 aromatic heterocycles. The fourth-order valence-electron chi connectivity index (χ4n) is 2.85. The predicted octanol–water partition coefficient (Wildman–Crippen LogP) is 5.02. The van der Waals surface area contributed by atoms with E-state index >= 15 is 0 Å². The van der Waals surface area contributed by atoms with Crippen LogP contribution in [-0.4, -0.2) is 27.7 Å². The van der Waals surface area contributed by atoms with Crippen molar-refractivity contribution in [2.45, 2.75) is 51.7 Å². The number of carbonyl (C=O) groups excluding carboxylic acids is 1. The Balaban J connectivity index is 1.91. The van der Waals surface area contributed by atoms with E-state index in [4.69, 9.17) is 4.74 Å². The lowest BCUT2D eigenvalue weighted by atomic mass is 10.1. The number of hydrogen-bond donors (Lipinski definition) is 1. The maximum Gasteiger partial charge on any atom is 0.407 e. The van der Waals surface area contributed by atoms with Crippen molar-refractivity contribution in [2.24, 2.45) is 0 Å². The minimum absolute atomic E-state index is 0.271. The van der Waals surface area contributed by atoms with Crippen molar-refractivity contribution < 1.29 is 13.7 Å². The first kappa shape index (κ1) is 22.9. The molecule has 29 heavy (non-hydrogen) atoms. The van der Waals surface area contributed by atoms with Gasteiger partial charge < -0.3 is 10.1 Å². The van der Waals surface area contributed by atoms with Gasteiger partial charge in [0.05, 0.1) is 0 Å². The fraction of sp³-hybridized carbons (Fsp3) is 0.375. The van der Waals surface area contributed by atoms with E-state index in [1.54, 1.807) is 5.41 Å². The van der Waals surface area contributed by atoms with Crippen LogP contribution in [0.1, 0.15) is 38.3 Å². The molecule has 0 aliphatic rings. The Labute approximate surface area is 176 Å². The van der Waals surface area contributed by atoms with Crippen LogP contribution in [0.15, 0.2) is 72.1 Å². The number of benzene rings is 2. The maximum atomic E-state index is 12.6. The second kappa shape index (κ2) is 11.6. The molecule has 1 amide bonds. The van der Waals surface area contributed by atoms with Gasteiger partial charge in [0.25, 0.3) is 0 Å². The van der Waals surface area contributed by atoms with E-state index in [0.29, 0.717) is 12.2 Å². The van der Waals surface area contributed by atoms with Crippen LogP contribution < -0.4 is 5.32 Å². The van der Waals surface area contributed by atoms with Gasteiger partial charge in [-0.2, -0.15) is 0 Å². The number of ether oxygens (including phenoxy) is 1. The quantitative estimate of drug-likeness (QED) is 0.628. The largest absolute Gasteiger partial charge is 0.444 e. The van der Waals surface area contributed by atoms with E-state index in [2.05, 4.69) is 17.4 Å². The number of aryl methyl sites for hydroxylation is 1. The Hall–Kier alpha value is -2.40. The zero-order chi connectivity index (χ0) is 21.1. The molecule has 0 fully saturated rings. The van der Waals surface area contributed by atoms with Gasteiger partial charge in [0.1, 0.15) is 5.60 Å². The number of amides is 1. The standard InChI is InChI=1S/C24H31NO3S/c1-24(2,3)28-23(26)25-22(18-21-15-8-5-9-16-21)19-29(27)17-11-10-14-20-12-6-4-7-13-20/h4-9,11-13,15-17,22H,10,14,18-19H2,1-3H3,(H,25,26)/b17-11+/t22-,29-/m0/s1. The molecule has 0 aliphatic heterocycles. The SMILES string of the molecule is CC(C)(C)OC(=O)N[C@@H](Cc1ccccc1)C[S@@](=O)/C=C/CCc1ccccc1. The molecule has 156 valence electrons. The summed E-state index contributed by atoms with van der Waals surface area (Å²) in [5.74, 6) is 0.343. The Morgan fingerprint density at radius 3 is 2.21 bits per heavy atom. The summed E-state index contributed by atoms with van der Waals surface area (Å²) in [6, 6.07) is 19.8. The summed E-state index contributed by atoms with van der Waals surface area (Å²) in [7, 11) is -1.17. The van der Waals surface area contributed by atoms with Gasteiger partial charge in [0.2, 0.25) is 0 Å². The van der Waals surface area contributed by atoms with Crippen molar-refractivity contribution >= 4 is 16.9 Å². The van der Waals surface area contributed by atoms with E-state index in [-0.39, 0.29) is 6.04 Å². The number of allylic oxidation sites excluding steroid dienone is 1. The highest BCUT2D eigenvalue weighted by Gasteiger charge is 2.20. The Morgan fingerprint density at radius 2 is 1.62 bits per heavy atom. The normalized spacial score (nSPS) is 13.8. The molecular weight excluding hydrogens is 382 g/mol. The number of rotatable bonds is 9. The second-order valence-corrected chi connectivity index (χ2v) is 9.34. The van der Waals surface area contributed by atoms with Crippen LogP contribution in [-0.2, 0) is 28.4 Å². The van der Waals surface area contributed by atoms with E-state index in [1.807, 2.05) is 75.4 Å². The first-order valence-corrected chi connectivity index (χ1v) is 11.3. The molecule has 4 nitrogen and oxygen atoms in total. The van der Waals surface area contributed by atoms with Crippen molar-refractivity contribution in [3.05, 3.63) is 83.3 Å². The van der Waals surface area contributed by atoms with Crippen molar-refractivity contribution in [3.63, 3.8) is 0 Å². The molecule has 2 atom stereocenters. The van der Waals surface area contributed by atoms with E-state index in [0.717, 1.165) is 18.4 Å². The third-order valence-electron chi connectivity index (χ3n) is 4.10. The lowest BCUT2D eigenvalue weighted by molar-refractivity contribution is 0.0509. The number of alkyl carbamates (subject to hydrolysis) is 1. The third kappa shape index (κ3) is 10.1. The van der Waals surface area contributed by atoms with Crippen molar-refractivity contribution in [3.8, 4) is 0 Å². The molecule has 2 rings (SSSR count). The maximum absolute atomic E-state index is 12.6. The minimum Gasteiger partial charge on any atom is -0.444 e. The Kier molecular flexibility index (Phi) is 9.13. The molecule has 0 heterocycles. The summed E-state index contributed by atoms with van der Waals surface area (Å²) in [6.45, 7) is 5.48. The summed E-state index contributed by atoms with van der Waals surface area (Å²) in [5, 5.41) is 4.61. The molecule has 0 spiro atoms. The summed E-state index contributed by atoms with van der Waals surface area (Å²) in [6.07, 6.45) is 3.82. The smallest absolute Gasteiger partial charge is 0.407 e. The van der Waals surface area contributed by atoms with Crippen LogP contribution in [0.3, 0.4) is 0 Å². The average Bonchev–Trinajstić information content (AvgIpc) is 2.65. The van der Waals surface area contributed by atoms with Crippen LogP contribution >= 0.6 is 0 Å². The molecule has 0 bridgehead atoms. The molecule has 0 saturated heterocycles. The van der Waals surface area contributed by atoms with Crippen LogP contribution in [0.25, 0.3) is 0 Å². The highest BCUT2D eigenvalue weighted by molar-refractivity contribution is 7.88. The van der Waals surface area contributed by atoms with Gasteiger partial charge in [0.15, 0.2) is 0 Å².